The van der Waals surface area contributed by atoms with Crippen LogP contribution in [-0.4, -0.2) is 51.3 Å². The quantitative estimate of drug-likeness (QED) is 0.746. The molecule has 0 amide bonds. The van der Waals surface area contributed by atoms with Crippen LogP contribution in [0.15, 0.2) is 30.3 Å². The Hall–Kier alpha value is -1.79. The summed E-state index contributed by atoms with van der Waals surface area (Å²) in [5, 5.41) is 15.3. The SMILES string of the molecule is CCC(C)N(C)CCNCc1nnnn1-c1ccccc1. The first-order valence-electron chi connectivity index (χ1n) is 7.46. The van der Waals surface area contributed by atoms with Crippen LogP contribution in [0.1, 0.15) is 26.1 Å². The van der Waals surface area contributed by atoms with Crippen molar-refractivity contribution in [2.24, 2.45) is 0 Å². The van der Waals surface area contributed by atoms with E-state index in [1.807, 2.05) is 30.3 Å². The fourth-order valence-corrected chi connectivity index (χ4v) is 2.07. The number of likely N-dealkylation sites (N-methyl/N-ethyl adjacent to an activating group) is 1. The van der Waals surface area contributed by atoms with Crippen LogP contribution in [0.4, 0.5) is 0 Å². The van der Waals surface area contributed by atoms with Crippen molar-refractivity contribution in [2.45, 2.75) is 32.9 Å². The van der Waals surface area contributed by atoms with E-state index in [0.717, 1.165) is 24.6 Å². The molecule has 0 aliphatic carbocycles. The molecule has 1 atom stereocenters. The van der Waals surface area contributed by atoms with Crippen molar-refractivity contribution in [3.8, 4) is 5.69 Å². The van der Waals surface area contributed by atoms with Crippen LogP contribution in [0.5, 0.6) is 0 Å². The smallest absolute Gasteiger partial charge is 0.170 e. The summed E-state index contributed by atoms with van der Waals surface area (Å²) in [6.07, 6.45) is 1.17. The van der Waals surface area contributed by atoms with Gasteiger partial charge in [0, 0.05) is 19.1 Å². The Morgan fingerprint density at radius 1 is 1.29 bits per heavy atom. The lowest BCUT2D eigenvalue weighted by molar-refractivity contribution is 0.251. The average Bonchev–Trinajstić information content (AvgIpc) is 2.99. The summed E-state index contributed by atoms with van der Waals surface area (Å²) < 4.78 is 1.77. The molecule has 0 saturated carbocycles. The third-order valence-corrected chi connectivity index (χ3v) is 3.80. The molecule has 0 bridgehead atoms. The Morgan fingerprint density at radius 3 is 2.76 bits per heavy atom. The lowest BCUT2D eigenvalue weighted by Gasteiger charge is -2.23. The van der Waals surface area contributed by atoms with E-state index in [4.69, 9.17) is 0 Å². The maximum atomic E-state index is 4.09. The number of nitrogens with zero attached hydrogens (tertiary/aromatic N) is 5. The topological polar surface area (TPSA) is 58.9 Å². The molecule has 21 heavy (non-hydrogen) atoms. The normalized spacial score (nSPS) is 12.8. The molecule has 0 saturated heterocycles. The molecule has 0 fully saturated rings. The van der Waals surface area contributed by atoms with Gasteiger partial charge in [0.2, 0.25) is 0 Å². The van der Waals surface area contributed by atoms with Crippen molar-refractivity contribution in [3.05, 3.63) is 36.2 Å². The van der Waals surface area contributed by atoms with Crippen molar-refractivity contribution in [1.29, 1.82) is 0 Å². The fraction of sp³-hybridized carbons (Fsp3) is 0.533. The van der Waals surface area contributed by atoms with Gasteiger partial charge < -0.3 is 10.2 Å². The summed E-state index contributed by atoms with van der Waals surface area (Å²) in [5.74, 6) is 0.826. The Kier molecular flexibility index (Phi) is 5.83. The summed E-state index contributed by atoms with van der Waals surface area (Å²) in [4.78, 5) is 2.35. The van der Waals surface area contributed by atoms with Gasteiger partial charge in [0.05, 0.1) is 12.2 Å². The highest BCUT2D eigenvalue weighted by Crippen LogP contribution is 2.06. The van der Waals surface area contributed by atoms with Crippen LogP contribution in [0.3, 0.4) is 0 Å². The van der Waals surface area contributed by atoms with Crippen LogP contribution >= 0.6 is 0 Å². The number of benzene rings is 1. The van der Waals surface area contributed by atoms with Crippen molar-refractivity contribution < 1.29 is 0 Å². The van der Waals surface area contributed by atoms with Gasteiger partial charge in [-0.2, -0.15) is 4.68 Å². The highest BCUT2D eigenvalue weighted by Gasteiger charge is 2.08. The van der Waals surface area contributed by atoms with E-state index in [9.17, 15) is 0 Å². The molecule has 0 aliphatic rings. The number of hydrogen-bond acceptors (Lipinski definition) is 5. The van der Waals surface area contributed by atoms with Crippen LogP contribution < -0.4 is 5.32 Å². The Bertz CT molecular complexity index is 524. The summed E-state index contributed by atoms with van der Waals surface area (Å²) in [6.45, 7) is 7.05. The number of hydrogen-bond donors (Lipinski definition) is 1. The van der Waals surface area contributed by atoms with E-state index in [-0.39, 0.29) is 0 Å². The molecular weight excluding hydrogens is 264 g/mol. The molecule has 6 nitrogen and oxygen atoms in total. The van der Waals surface area contributed by atoms with E-state index < -0.39 is 0 Å². The second-order valence-corrected chi connectivity index (χ2v) is 5.26. The van der Waals surface area contributed by atoms with Gasteiger partial charge in [-0.3, -0.25) is 0 Å². The molecule has 1 aromatic carbocycles. The Labute approximate surface area is 126 Å². The minimum absolute atomic E-state index is 0.612. The molecule has 6 heteroatoms. The minimum Gasteiger partial charge on any atom is -0.308 e. The lowest BCUT2D eigenvalue weighted by Crippen LogP contribution is -2.35. The summed E-state index contributed by atoms with van der Waals surface area (Å²) >= 11 is 0. The van der Waals surface area contributed by atoms with Gasteiger partial charge in [0.25, 0.3) is 0 Å². The fourth-order valence-electron chi connectivity index (χ4n) is 2.07. The van der Waals surface area contributed by atoms with Crippen LogP contribution in [-0.2, 0) is 6.54 Å². The van der Waals surface area contributed by atoms with Crippen molar-refractivity contribution >= 4 is 0 Å². The van der Waals surface area contributed by atoms with E-state index in [2.05, 4.69) is 46.6 Å². The third-order valence-electron chi connectivity index (χ3n) is 3.80. The van der Waals surface area contributed by atoms with Crippen LogP contribution in [0, 0.1) is 0 Å². The number of para-hydroxylation sites is 1. The van der Waals surface area contributed by atoms with Gasteiger partial charge in [-0.15, -0.1) is 5.10 Å². The molecule has 0 radical (unpaired) electrons. The molecule has 1 N–H and O–H groups in total. The van der Waals surface area contributed by atoms with Gasteiger partial charge in [0.1, 0.15) is 0 Å². The van der Waals surface area contributed by atoms with Crippen molar-refractivity contribution in [3.63, 3.8) is 0 Å². The highest BCUT2D eigenvalue weighted by atomic mass is 15.5. The zero-order valence-corrected chi connectivity index (χ0v) is 13.0. The zero-order valence-electron chi connectivity index (χ0n) is 13.0. The van der Waals surface area contributed by atoms with E-state index in [1.165, 1.54) is 6.42 Å². The average molecular weight is 288 g/mol. The molecule has 1 unspecified atom stereocenters. The van der Waals surface area contributed by atoms with Gasteiger partial charge >= 0.3 is 0 Å². The second-order valence-electron chi connectivity index (χ2n) is 5.26. The standard InChI is InChI=1S/C15H24N6/c1-4-13(2)20(3)11-10-16-12-15-17-18-19-21(15)14-8-6-5-7-9-14/h5-9,13,16H,4,10-12H2,1-3H3. The number of tetrazole rings is 1. The van der Waals surface area contributed by atoms with E-state index >= 15 is 0 Å². The first-order valence-corrected chi connectivity index (χ1v) is 7.46. The van der Waals surface area contributed by atoms with Crippen LogP contribution in [0.25, 0.3) is 5.69 Å². The Morgan fingerprint density at radius 2 is 2.05 bits per heavy atom. The molecule has 1 heterocycles. The first-order chi connectivity index (χ1) is 10.2. The number of nitrogens with one attached hydrogen (secondary N) is 1. The Balaban J connectivity index is 1.84. The lowest BCUT2D eigenvalue weighted by atomic mass is 10.2. The molecule has 0 aliphatic heterocycles. The zero-order chi connectivity index (χ0) is 15.1. The monoisotopic (exact) mass is 288 g/mol. The van der Waals surface area contributed by atoms with E-state index in [1.54, 1.807) is 4.68 Å². The number of aromatic nitrogens is 4. The number of rotatable bonds is 8. The summed E-state index contributed by atoms with van der Waals surface area (Å²) in [5.41, 5.74) is 0.982. The molecule has 114 valence electrons. The predicted octanol–water partition coefficient (Wildman–Crippen LogP) is 1.48. The molecular formula is C15H24N6. The predicted molar refractivity (Wildman–Crippen MR) is 83.2 cm³/mol. The maximum Gasteiger partial charge on any atom is 0.170 e. The van der Waals surface area contributed by atoms with Crippen molar-refractivity contribution in [2.75, 3.05) is 20.1 Å². The summed E-state index contributed by atoms with van der Waals surface area (Å²) in [7, 11) is 2.16. The minimum atomic E-state index is 0.612. The molecule has 2 aromatic rings. The third kappa shape index (κ3) is 4.34. The van der Waals surface area contributed by atoms with Gasteiger partial charge in [0.15, 0.2) is 5.82 Å². The molecule has 0 spiro atoms. The van der Waals surface area contributed by atoms with Crippen molar-refractivity contribution in [1.82, 2.24) is 30.4 Å². The molecule has 1 aromatic heterocycles. The molecule has 2 rings (SSSR count). The van der Waals surface area contributed by atoms with Gasteiger partial charge in [-0.25, -0.2) is 0 Å². The van der Waals surface area contributed by atoms with E-state index in [0.29, 0.717) is 12.6 Å². The second kappa shape index (κ2) is 7.85. The highest BCUT2D eigenvalue weighted by molar-refractivity contribution is 5.30. The largest absolute Gasteiger partial charge is 0.308 e. The van der Waals surface area contributed by atoms with Gasteiger partial charge in [-0.05, 0) is 43.0 Å². The van der Waals surface area contributed by atoms with Crippen LogP contribution in [0.2, 0.25) is 0 Å². The summed E-state index contributed by atoms with van der Waals surface area (Å²) in [6, 6.07) is 10.6. The first kappa shape index (κ1) is 15.6. The maximum absolute atomic E-state index is 4.09. The van der Waals surface area contributed by atoms with Gasteiger partial charge in [-0.1, -0.05) is 25.1 Å².